The lowest BCUT2D eigenvalue weighted by Gasteiger charge is -2.49. The van der Waals surface area contributed by atoms with Crippen LogP contribution < -0.4 is 9.47 Å². The molecule has 0 saturated carbocycles. The van der Waals surface area contributed by atoms with Crippen molar-refractivity contribution in [3.8, 4) is 11.5 Å². The first-order valence-electron chi connectivity index (χ1n) is 14.8. The minimum Gasteiger partial charge on any atom is -0.493 e. The number of carbonyl (C=O) groups is 2. The van der Waals surface area contributed by atoms with Crippen LogP contribution in [-0.4, -0.2) is 48.8 Å². The van der Waals surface area contributed by atoms with E-state index in [1.807, 2.05) is 12.1 Å². The highest BCUT2D eigenvalue weighted by Gasteiger charge is 2.49. The smallest absolute Gasteiger partial charge is 0.269 e. The summed E-state index contributed by atoms with van der Waals surface area (Å²) in [6.45, 7) is 9.58. The second-order valence-corrected chi connectivity index (χ2v) is 14.3. The van der Waals surface area contributed by atoms with E-state index in [0.717, 1.165) is 17.0 Å². The van der Waals surface area contributed by atoms with Crippen molar-refractivity contribution in [2.75, 3.05) is 27.4 Å². The zero-order valence-electron chi connectivity index (χ0n) is 26.1. The number of nitro benzene ring substituents is 1. The second-order valence-electron chi connectivity index (χ2n) is 13.4. The number of hydrogen-bond acceptors (Lipinski definition) is 8. The van der Waals surface area contributed by atoms with Gasteiger partial charge in [-0.15, -0.1) is 0 Å². The van der Waals surface area contributed by atoms with Crippen molar-refractivity contribution >= 4 is 33.2 Å². The van der Waals surface area contributed by atoms with Crippen LogP contribution in [0.25, 0.3) is 0 Å². The Bertz CT molecular complexity index is 1540. The Morgan fingerprint density at radius 1 is 0.955 bits per heavy atom. The summed E-state index contributed by atoms with van der Waals surface area (Å²) < 4.78 is 18.0. The molecular formula is C34H39BrN2O7. The maximum Gasteiger partial charge on any atom is 0.269 e. The van der Waals surface area contributed by atoms with Crippen molar-refractivity contribution in [2.45, 2.75) is 65.9 Å². The van der Waals surface area contributed by atoms with E-state index in [0.29, 0.717) is 71.5 Å². The van der Waals surface area contributed by atoms with Gasteiger partial charge in [0.1, 0.15) is 6.61 Å². The van der Waals surface area contributed by atoms with Gasteiger partial charge in [0.15, 0.2) is 23.1 Å². The van der Waals surface area contributed by atoms with E-state index in [1.165, 1.54) is 19.2 Å². The van der Waals surface area contributed by atoms with Crippen molar-refractivity contribution in [2.24, 2.45) is 10.8 Å². The molecule has 0 aromatic heterocycles. The summed E-state index contributed by atoms with van der Waals surface area (Å²) >= 11 is 3.66. The molecule has 2 aliphatic carbocycles. The molecule has 0 N–H and O–H groups in total. The van der Waals surface area contributed by atoms with Crippen molar-refractivity contribution in [3.63, 3.8) is 0 Å². The minimum atomic E-state index is -0.540. The Labute approximate surface area is 266 Å². The average molecular weight is 668 g/mol. The molecule has 0 atom stereocenters. The maximum atomic E-state index is 14.0. The van der Waals surface area contributed by atoms with Crippen LogP contribution >= 0.6 is 15.9 Å². The van der Waals surface area contributed by atoms with Gasteiger partial charge in [0.25, 0.3) is 5.69 Å². The number of allylic oxidation sites excluding steroid dienone is 4. The molecule has 0 fully saturated rings. The van der Waals surface area contributed by atoms with Gasteiger partial charge in [0.2, 0.25) is 0 Å². The number of rotatable bonds is 9. The van der Waals surface area contributed by atoms with Gasteiger partial charge >= 0.3 is 0 Å². The van der Waals surface area contributed by atoms with E-state index in [1.54, 1.807) is 19.2 Å². The Morgan fingerprint density at radius 3 is 2.11 bits per heavy atom. The lowest BCUT2D eigenvalue weighted by Crippen LogP contribution is -2.45. The highest BCUT2D eigenvalue weighted by atomic mass is 79.9. The summed E-state index contributed by atoms with van der Waals surface area (Å²) in [7, 11) is 3.20. The van der Waals surface area contributed by atoms with Gasteiger partial charge in [0.05, 0.1) is 23.1 Å². The van der Waals surface area contributed by atoms with Crippen LogP contribution in [0.3, 0.4) is 0 Å². The van der Waals surface area contributed by atoms with Crippen molar-refractivity contribution in [1.82, 2.24) is 4.90 Å². The van der Waals surface area contributed by atoms with Gasteiger partial charge in [-0.3, -0.25) is 19.7 Å². The molecule has 1 heterocycles. The normalized spacial score (nSPS) is 19.6. The number of methoxy groups -OCH3 is 2. The van der Waals surface area contributed by atoms with Crippen LogP contribution in [0.1, 0.15) is 70.4 Å². The first-order chi connectivity index (χ1) is 20.7. The molecule has 0 amide bonds. The first-order valence-corrected chi connectivity index (χ1v) is 15.6. The van der Waals surface area contributed by atoms with E-state index in [2.05, 4.69) is 48.5 Å². The van der Waals surface area contributed by atoms with E-state index < -0.39 is 10.8 Å². The van der Waals surface area contributed by atoms with Gasteiger partial charge in [-0.05, 0) is 62.9 Å². The van der Waals surface area contributed by atoms with E-state index >= 15 is 0 Å². The molecule has 2 aromatic rings. The summed E-state index contributed by atoms with van der Waals surface area (Å²) in [5, 5.41) is 11.2. The van der Waals surface area contributed by atoms with Crippen LogP contribution in [-0.2, 0) is 20.9 Å². The summed E-state index contributed by atoms with van der Waals surface area (Å²) in [5.74, 6) is 0.416. The monoisotopic (exact) mass is 666 g/mol. The van der Waals surface area contributed by atoms with Crippen molar-refractivity contribution in [3.05, 3.63) is 84.7 Å². The zero-order valence-corrected chi connectivity index (χ0v) is 27.7. The second kappa shape index (κ2) is 12.1. The van der Waals surface area contributed by atoms with Gasteiger partial charge in [-0.25, -0.2) is 0 Å². The lowest BCUT2D eigenvalue weighted by atomic mass is 9.63. The van der Waals surface area contributed by atoms with Gasteiger partial charge < -0.3 is 19.1 Å². The van der Waals surface area contributed by atoms with E-state index in [-0.39, 0.29) is 34.7 Å². The van der Waals surface area contributed by atoms with E-state index in [9.17, 15) is 19.7 Å². The molecule has 9 nitrogen and oxygen atoms in total. The maximum absolute atomic E-state index is 14.0. The Hall–Kier alpha value is -3.50. The third kappa shape index (κ3) is 6.19. The predicted octanol–water partition coefficient (Wildman–Crippen LogP) is 7.28. The molecule has 2 aromatic carbocycles. The SMILES string of the molecule is COCCN1C2=C(C(=O)CC(C)(C)C2)C(c2cc(Br)c(OCc3cccc([N+](=O)[O-])c3)c(OC)c2)C2=C1CC(C)(C)CC2=O. The molecule has 0 saturated heterocycles. The minimum absolute atomic E-state index is 0.0156. The molecule has 234 valence electrons. The highest BCUT2D eigenvalue weighted by molar-refractivity contribution is 9.10. The van der Waals surface area contributed by atoms with Gasteiger partial charge in [0, 0.05) is 67.1 Å². The molecule has 44 heavy (non-hydrogen) atoms. The van der Waals surface area contributed by atoms with E-state index in [4.69, 9.17) is 14.2 Å². The predicted molar refractivity (Wildman–Crippen MR) is 170 cm³/mol. The summed E-state index contributed by atoms with van der Waals surface area (Å²) in [4.78, 5) is 41.1. The fourth-order valence-electron chi connectivity index (χ4n) is 6.80. The van der Waals surface area contributed by atoms with Crippen LogP contribution in [0.5, 0.6) is 11.5 Å². The number of carbonyl (C=O) groups excluding carboxylic acids is 2. The largest absolute Gasteiger partial charge is 0.493 e. The number of nitrogens with zero attached hydrogens (tertiary/aromatic N) is 2. The summed E-state index contributed by atoms with van der Waals surface area (Å²) in [6.07, 6.45) is 2.21. The van der Waals surface area contributed by atoms with Crippen molar-refractivity contribution in [1.29, 1.82) is 0 Å². The molecule has 3 aliphatic rings. The number of Topliss-reactive ketones (excluding diaryl/α,β-unsaturated/α-hetero) is 2. The van der Waals surface area contributed by atoms with Gasteiger partial charge in [-0.1, -0.05) is 39.8 Å². The van der Waals surface area contributed by atoms with Crippen LogP contribution in [0, 0.1) is 20.9 Å². The molecule has 0 unspecified atom stereocenters. The highest BCUT2D eigenvalue weighted by Crippen LogP contribution is 2.55. The number of halogens is 1. The molecule has 0 radical (unpaired) electrons. The molecule has 0 spiro atoms. The Kier molecular flexibility index (Phi) is 8.79. The first kappa shape index (κ1) is 31.9. The molecule has 1 aliphatic heterocycles. The fraction of sp³-hybridized carbons (Fsp3) is 0.471. The fourth-order valence-corrected chi connectivity index (χ4v) is 7.37. The third-order valence-electron chi connectivity index (χ3n) is 8.63. The zero-order chi connectivity index (χ0) is 32.0. The molecule has 10 heteroatoms. The number of ketones is 2. The number of hydrogen-bond donors (Lipinski definition) is 0. The standard InChI is InChI=1S/C34H39BrN2O7/c1-33(2)15-24-30(26(38)17-33)29(31-25(36(24)10-11-42-5)16-34(3,4)18-27(31)39)21-13-23(35)32(28(14-21)43-6)44-19-20-8-7-9-22(12-20)37(40)41/h7-9,12-14,29H,10-11,15-19H2,1-6H3. The summed E-state index contributed by atoms with van der Waals surface area (Å²) in [6, 6.07) is 10.0. The molecule has 0 bridgehead atoms. The quantitative estimate of drug-likeness (QED) is 0.203. The summed E-state index contributed by atoms with van der Waals surface area (Å²) in [5.41, 5.74) is 4.23. The number of non-ortho nitro benzene ring substituents is 1. The topological polar surface area (TPSA) is 108 Å². The molecular weight excluding hydrogens is 628 g/mol. The third-order valence-corrected chi connectivity index (χ3v) is 9.22. The van der Waals surface area contributed by atoms with Gasteiger partial charge in [-0.2, -0.15) is 0 Å². The number of nitro groups is 1. The Balaban J connectivity index is 1.63. The molecule has 5 rings (SSSR count). The van der Waals surface area contributed by atoms with Crippen LogP contribution in [0.15, 0.2) is 63.4 Å². The van der Waals surface area contributed by atoms with Crippen molar-refractivity contribution < 1.29 is 28.7 Å². The van der Waals surface area contributed by atoms with Crippen LogP contribution in [0.4, 0.5) is 5.69 Å². The number of benzene rings is 2. The van der Waals surface area contributed by atoms with Crippen LogP contribution in [0.2, 0.25) is 0 Å². The Morgan fingerprint density at radius 2 is 1.57 bits per heavy atom. The lowest BCUT2D eigenvalue weighted by molar-refractivity contribution is -0.384. The average Bonchev–Trinajstić information content (AvgIpc) is 2.93. The number of ether oxygens (including phenoxy) is 3.